The summed E-state index contributed by atoms with van der Waals surface area (Å²) in [6.45, 7) is 7.16. The van der Waals surface area contributed by atoms with E-state index in [1.54, 1.807) is 0 Å². The molecule has 0 radical (unpaired) electrons. The fourth-order valence-corrected chi connectivity index (χ4v) is 2.23. The van der Waals surface area contributed by atoms with E-state index in [1.807, 2.05) is 12.1 Å². The third-order valence-electron chi connectivity index (χ3n) is 3.49. The molecule has 0 saturated heterocycles. The zero-order valence-electron chi connectivity index (χ0n) is 11.5. The second-order valence-corrected chi connectivity index (χ2v) is 4.84. The van der Waals surface area contributed by atoms with Crippen LogP contribution >= 0.6 is 0 Å². The first-order valence-electron chi connectivity index (χ1n) is 6.53. The maximum atomic E-state index is 10.2. The largest absolute Gasteiger partial charge is 0.387 e. The minimum atomic E-state index is -0.388. The second kappa shape index (κ2) is 6.77. The van der Waals surface area contributed by atoms with E-state index in [-0.39, 0.29) is 6.10 Å². The molecule has 17 heavy (non-hydrogen) atoms. The van der Waals surface area contributed by atoms with Crippen molar-refractivity contribution in [2.24, 2.45) is 0 Å². The Kier molecular flexibility index (Phi) is 5.66. The minimum absolute atomic E-state index is 0.388. The molecule has 0 aliphatic carbocycles. The maximum absolute atomic E-state index is 10.2. The van der Waals surface area contributed by atoms with Gasteiger partial charge in [-0.2, -0.15) is 0 Å². The first kappa shape index (κ1) is 14.2. The van der Waals surface area contributed by atoms with E-state index >= 15 is 0 Å². The van der Waals surface area contributed by atoms with Crippen molar-refractivity contribution in [3.63, 3.8) is 0 Å². The highest BCUT2D eigenvalue weighted by molar-refractivity contribution is 5.23. The Labute approximate surface area is 105 Å². The van der Waals surface area contributed by atoms with Gasteiger partial charge in [-0.3, -0.25) is 0 Å². The summed E-state index contributed by atoms with van der Waals surface area (Å²) in [7, 11) is 2.09. The van der Waals surface area contributed by atoms with Crippen molar-refractivity contribution in [1.29, 1.82) is 0 Å². The van der Waals surface area contributed by atoms with Gasteiger partial charge in [0.25, 0.3) is 0 Å². The number of nitrogens with zero attached hydrogens (tertiary/aromatic N) is 1. The average Bonchev–Trinajstić information content (AvgIpc) is 2.31. The molecule has 0 fully saturated rings. The van der Waals surface area contributed by atoms with Gasteiger partial charge < -0.3 is 10.0 Å². The number of hydrogen-bond acceptors (Lipinski definition) is 2. The second-order valence-electron chi connectivity index (χ2n) is 4.84. The highest BCUT2D eigenvalue weighted by Crippen LogP contribution is 2.17. The van der Waals surface area contributed by atoms with E-state index in [2.05, 4.69) is 44.9 Å². The molecule has 1 aromatic carbocycles. The van der Waals surface area contributed by atoms with E-state index in [9.17, 15) is 5.11 Å². The normalized spacial score (nSPS) is 13.4. The maximum Gasteiger partial charge on any atom is 0.0916 e. The fraction of sp³-hybridized carbons (Fsp3) is 0.600. The van der Waals surface area contributed by atoms with Gasteiger partial charge in [-0.25, -0.2) is 0 Å². The monoisotopic (exact) mass is 235 g/mol. The smallest absolute Gasteiger partial charge is 0.0916 e. The molecule has 0 amide bonds. The van der Waals surface area contributed by atoms with Gasteiger partial charge in [0.2, 0.25) is 0 Å². The first-order valence-corrected chi connectivity index (χ1v) is 6.53. The molecule has 1 unspecified atom stereocenters. The van der Waals surface area contributed by atoms with Crippen LogP contribution in [0.1, 0.15) is 43.9 Å². The summed E-state index contributed by atoms with van der Waals surface area (Å²) in [5, 5.41) is 10.2. The molecule has 0 spiro atoms. The number of aliphatic hydroxyl groups excluding tert-OH is 1. The van der Waals surface area contributed by atoms with Gasteiger partial charge in [-0.05, 0) is 32.4 Å². The Balaban J connectivity index is 2.59. The molecule has 0 aromatic heterocycles. The van der Waals surface area contributed by atoms with Crippen LogP contribution in [-0.4, -0.2) is 29.6 Å². The van der Waals surface area contributed by atoms with Gasteiger partial charge in [0.05, 0.1) is 6.10 Å². The van der Waals surface area contributed by atoms with Crippen LogP contribution in [0.3, 0.4) is 0 Å². The highest BCUT2D eigenvalue weighted by Gasteiger charge is 2.15. The Morgan fingerprint density at radius 2 is 1.65 bits per heavy atom. The van der Waals surface area contributed by atoms with Crippen LogP contribution in [0.2, 0.25) is 0 Å². The Bertz CT molecular complexity index is 316. The lowest BCUT2D eigenvalue weighted by Gasteiger charge is -2.28. The number of rotatable bonds is 6. The zero-order valence-corrected chi connectivity index (χ0v) is 11.5. The predicted molar refractivity (Wildman–Crippen MR) is 73.1 cm³/mol. The fourth-order valence-electron chi connectivity index (χ4n) is 2.23. The lowest BCUT2D eigenvalue weighted by molar-refractivity contribution is 0.101. The zero-order chi connectivity index (χ0) is 12.8. The summed E-state index contributed by atoms with van der Waals surface area (Å²) < 4.78 is 0. The molecule has 1 rings (SSSR count). The van der Waals surface area contributed by atoms with E-state index in [1.165, 1.54) is 5.56 Å². The molecule has 2 nitrogen and oxygen atoms in total. The Morgan fingerprint density at radius 1 is 1.12 bits per heavy atom. The molecular formula is C15H25NO. The summed E-state index contributed by atoms with van der Waals surface area (Å²) in [5.41, 5.74) is 2.24. The molecule has 0 saturated carbocycles. The van der Waals surface area contributed by atoms with Crippen molar-refractivity contribution in [2.45, 2.75) is 45.8 Å². The van der Waals surface area contributed by atoms with Crippen LogP contribution in [-0.2, 0) is 0 Å². The van der Waals surface area contributed by atoms with E-state index in [0.717, 1.165) is 18.4 Å². The highest BCUT2D eigenvalue weighted by atomic mass is 16.3. The van der Waals surface area contributed by atoms with Gasteiger partial charge in [0, 0.05) is 12.6 Å². The van der Waals surface area contributed by atoms with Gasteiger partial charge in [0.15, 0.2) is 0 Å². The van der Waals surface area contributed by atoms with Crippen LogP contribution in [0, 0.1) is 6.92 Å². The van der Waals surface area contributed by atoms with Crippen molar-refractivity contribution >= 4 is 0 Å². The molecule has 96 valence electrons. The van der Waals surface area contributed by atoms with E-state index in [0.29, 0.717) is 12.6 Å². The molecule has 2 heteroatoms. The molecule has 1 aromatic rings. The van der Waals surface area contributed by atoms with Crippen LogP contribution in [0.4, 0.5) is 0 Å². The molecule has 0 bridgehead atoms. The summed E-state index contributed by atoms with van der Waals surface area (Å²) >= 11 is 0. The lowest BCUT2D eigenvalue weighted by atomic mass is 10.1. The van der Waals surface area contributed by atoms with Crippen molar-refractivity contribution in [3.8, 4) is 0 Å². The number of aliphatic hydroxyl groups is 1. The number of aryl methyl sites for hydroxylation is 1. The quantitative estimate of drug-likeness (QED) is 0.818. The summed E-state index contributed by atoms with van der Waals surface area (Å²) in [4.78, 5) is 2.25. The van der Waals surface area contributed by atoms with Crippen LogP contribution < -0.4 is 0 Å². The van der Waals surface area contributed by atoms with Crippen LogP contribution in [0.5, 0.6) is 0 Å². The minimum Gasteiger partial charge on any atom is -0.387 e. The van der Waals surface area contributed by atoms with Crippen molar-refractivity contribution in [3.05, 3.63) is 35.4 Å². The van der Waals surface area contributed by atoms with Gasteiger partial charge in [-0.1, -0.05) is 43.7 Å². The molecule has 0 aliphatic rings. The number of hydrogen-bond donors (Lipinski definition) is 1. The van der Waals surface area contributed by atoms with E-state index in [4.69, 9.17) is 0 Å². The van der Waals surface area contributed by atoms with E-state index < -0.39 is 0 Å². The molecule has 1 atom stereocenters. The van der Waals surface area contributed by atoms with Crippen molar-refractivity contribution in [2.75, 3.05) is 13.6 Å². The van der Waals surface area contributed by atoms with Crippen molar-refractivity contribution < 1.29 is 5.11 Å². The van der Waals surface area contributed by atoms with Crippen LogP contribution in [0.25, 0.3) is 0 Å². The Morgan fingerprint density at radius 3 is 2.12 bits per heavy atom. The average molecular weight is 235 g/mol. The molecule has 1 N–H and O–H groups in total. The third kappa shape index (κ3) is 4.14. The van der Waals surface area contributed by atoms with Gasteiger partial charge in [0.1, 0.15) is 0 Å². The third-order valence-corrected chi connectivity index (χ3v) is 3.49. The van der Waals surface area contributed by atoms with Crippen molar-refractivity contribution in [1.82, 2.24) is 4.90 Å². The molecule has 0 heterocycles. The number of benzene rings is 1. The SMILES string of the molecule is CCC(CC)N(C)CC(O)c1ccc(C)cc1. The standard InChI is InChI=1S/C15H25NO/c1-5-14(6-2)16(4)11-15(17)13-9-7-12(3)8-10-13/h7-10,14-15,17H,5-6,11H2,1-4H3. The van der Waals surface area contributed by atoms with Gasteiger partial charge in [-0.15, -0.1) is 0 Å². The first-order chi connectivity index (χ1) is 8.08. The summed E-state index contributed by atoms with van der Waals surface area (Å²) in [6, 6.07) is 8.70. The topological polar surface area (TPSA) is 23.5 Å². The molecule has 0 aliphatic heterocycles. The van der Waals surface area contributed by atoms with Gasteiger partial charge >= 0.3 is 0 Å². The summed E-state index contributed by atoms with van der Waals surface area (Å²) in [6.07, 6.45) is 1.88. The number of likely N-dealkylation sites (N-methyl/N-ethyl adjacent to an activating group) is 1. The predicted octanol–water partition coefficient (Wildman–Crippen LogP) is 3.15. The Hall–Kier alpha value is -0.860. The van der Waals surface area contributed by atoms with Crippen LogP contribution in [0.15, 0.2) is 24.3 Å². The lowest BCUT2D eigenvalue weighted by Crippen LogP contribution is -2.34. The summed E-state index contributed by atoms with van der Waals surface area (Å²) in [5.74, 6) is 0. The molecular weight excluding hydrogens is 210 g/mol.